The minimum absolute atomic E-state index is 0.00227. The summed E-state index contributed by atoms with van der Waals surface area (Å²) in [4.78, 5) is 0. The van der Waals surface area contributed by atoms with Gasteiger partial charge in [0.1, 0.15) is 6.29 Å². The average Bonchev–Trinajstić information content (AvgIpc) is 2.58. The first-order valence-corrected chi connectivity index (χ1v) is 12.1. The van der Waals surface area contributed by atoms with Crippen LogP contribution in [-0.2, 0) is 28.1 Å². The van der Waals surface area contributed by atoms with Gasteiger partial charge in [0.2, 0.25) is 8.32 Å². The van der Waals surface area contributed by atoms with E-state index in [1.165, 1.54) is 0 Å². The Morgan fingerprint density at radius 1 is 1.08 bits per heavy atom. The van der Waals surface area contributed by atoms with Crippen molar-refractivity contribution in [2.24, 2.45) is 0 Å². The Hall–Kier alpha value is -0.0231. The molecule has 3 unspecified atom stereocenters. The fraction of sp³-hybridized carbons (Fsp3) is 1.00. The number of methoxy groups -OCH3 is 1. The maximum absolute atomic E-state index is 6.29. The van der Waals surface area contributed by atoms with Gasteiger partial charge in [-0.15, -0.1) is 0 Å². The van der Waals surface area contributed by atoms with E-state index in [1.807, 2.05) is 20.8 Å². The van der Waals surface area contributed by atoms with Crippen LogP contribution in [0.4, 0.5) is 0 Å². The van der Waals surface area contributed by atoms with Gasteiger partial charge in [0.05, 0.1) is 18.9 Å². The highest BCUT2D eigenvalue weighted by Gasteiger charge is 2.41. The zero-order valence-corrected chi connectivity index (χ0v) is 17.4. The van der Waals surface area contributed by atoms with E-state index in [0.29, 0.717) is 19.6 Å². The third-order valence-corrected chi connectivity index (χ3v) is 7.31. The van der Waals surface area contributed by atoms with Crippen molar-refractivity contribution in [3.8, 4) is 0 Å². The molecule has 0 bridgehead atoms. The Bertz CT molecular complexity index is 346. The van der Waals surface area contributed by atoms with Gasteiger partial charge in [-0.2, -0.15) is 0 Å². The quantitative estimate of drug-likeness (QED) is 0.411. The molecule has 0 amide bonds. The minimum atomic E-state index is -2.10. The second kappa shape index (κ2) is 10.2. The monoisotopic (exact) mass is 364 g/mol. The molecular weight excluding hydrogens is 328 g/mol. The van der Waals surface area contributed by atoms with Crippen LogP contribution < -0.4 is 0 Å². The SMILES string of the molecule is CCC(OC(CC)[Si](C)(C)OC(C)OC)OC1(CC)OCCCO1. The molecule has 1 fully saturated rings. The maximum Gasteiger partial charge on any atom is 0.284 e. The third-order valence-electron chi connectivity index (χ3n) is 4.27. The van der Waals surface area contributed by atoms with E-state index < -0.39 is 14.3 Å². The number of rotatable bonds is 11. The number of ether oxygens (including phenoxy) is 5. The molecule has 0 aromatic carbocycles. The van der Waals surface area contributed by atoms with E-state index in [-0.39, 0.29) is 18.3 Å². The first-order chi connectivity index (χ1) is 11.3. The topological polar surface area (TPSA) is 55.4 Å². The van der Waals surface area contributed by atoms with Crippen LogP contribution in [0.3, 0.4) is 0 Å². The summed E-state index contributed by atoms with van der Waals surface area (Å²) in [7, 11) is -0.455. The molecule has 0 saturated carbocycles. The van der Waals surface area contributed by atoms with Gasteiger partial charge in [-0.3, -0.25) is 4.74 Å². The van der Waals surface area contributed by atoms with Crippen LogP contribution in [0.1, 0.15) is 53.4 Å². The van der Waals surface area contributed by atoms with Crippen LogP contribution >= 0.6 is 0 Å². The van der Waals surface area contributed by atoms with Crippen molar-refractivity contribution in [1.29, 1.82) is 0 Å². The van der Waals surface area contributed by atoms with E-state index in [4.69, 9.17) is 28.1 Å². The molecule has 6 nitrogen and oxygen atoms in total. The van der Waals surface area contributed by atoms with Gasteiger partial charge < -0.3 is 23.4 Å². The summed E-state index contributed by atoms with van der Waals surface area (Å²) in [5.41, 5.74) is -0.00227. The first kappa shape index (κ1) is 22.0. The minimum Gasteiger partial charge on any atom is -0.390 e. The zero-order valence-electron chi connectivity index (χ0n) is 16.4. The van der Waals surface area contributed by atoms with Gasteiger partial charge in [-0.05, 0) is 39.3 Å². The average molecular weight is 365 g/mol. The largest absolute Gasteiger partial charge is 0.390 e. The second-order valence-electron chi connectivity index (χ2n) is 6.60. The van der Waals surface area contributed by atoms with Crippen molar-refractivity contribution < 1.29 is 28.1 Å². The molecule has 0 radical (unpaired) electrons. The fourth-order valence-electron chi connectivity index (χ4n) is 2.81. The van der Waals surface area contributed by atoms with Crippen LogP contribution in [0.2, 0.25) is 13.1 Å². The Kier molecular flexibility index (Phi) is 9.36. The maximum atomic E-state index is 6.29. The molecule has 1 aliphatic rings. The molecule has 0 N–H and O–H groups in total. The van der Waals surface area contributed by atoms with E-state index in [9.17, 15) is 0 Å². The molecule has 0 aliphatic carbocycles. The standard InChI is InChI=1S/C17H36O6Si/c1-8-15(22-17(10-3)19-12-11-13-20-17)21-16(9-2)24(6,7)23-14(4)18-5/h14-16H,8-13H2,1-7H3. The molecule has 0 aromatic heterocycles. The highest BCUT2D eigenvalue weighted by atomic mass is 28.4. The molecule has 1 aliphatic heterocycles. The van der Waals surface area contributed by atoms with Crippen LogP contribution in [0.25, 0.3) is 0 Å². The second-order valence-corrected chi connectivity index (χ2v) is 10.7. The molecule has 0 aromatic rings. The van der Waals surface area contributed by atoms with Crippen molar-refractivity contribution in [1.82, 2.24) is 0 Å². The zero-order chi connectivity index (χ0) is 18.2. The van der Waals surface area contributed by atoms with Gasteiger partial charge >= 0.3 is 0 Å². The predicted molar refractivity (Wildman–Crippen MR) is 94.9 cm³/mol. The normalized spacial score (nSPS) is 22.1. The summed E-state index contributed by atoms with van der Waals surface area (Å²) in [5.74, 6) is -0.983. The summed E-state index contributed by atoms with van der Waals surface area (Å²) in [6, 6.07) is 0. The molecular formula is C17H36O6Si. The lowest BCUT2D eigenvalue weighted by Gasteiger charge is -2.40. The smallest absolute Gasteiger partial charge is 0.284 e. The van der Waals surface area contributed by atoms with Gasteiger partial charge in [-0.1, -0.05) is 20.8 Å². The summed E-state index contributed by atoms with van der Waals surface area (Å²) < 4.78 is 35.3. The number of hydrogen-bond donors (Lipinski definition) is 0. The highest BCUT2D eigenvalue weighted by Crippen LogP contribution is 2.29. The van der Waals surface area contributed by atoms with Gasteiger partial charge in [0, 0.05) is 13.5 Å². The molecule has 1 heterocycles. The van der Waals surface area contributed by atoms with Crippen LogP contribution in [0.5, 0.6) is 0 Å². The van der Waals surface area contributed by atoms with Gasteiger partial charge in [0.15, 0.2) is 6.29 Å². The molecule has 24 heavy (non-hydrogen) atoms. The van der Waals surface area contributed by atoms with Gasteiger partial charge in [0.25, 0.3) is 5.97 Å². The lowest BCUT2D eigenvalue weighted by Crippen LogP contribution is -2.52. The van der Waals surface area contributed by atoms with Crippen molar-refractivity contribution >= 4 is 8.32 Å². The van der Waals surface area contributed by atoms with Crippen LogP contribution in [-0.4, -0.2) is 52.9 Å². The van der Waals surface area contributed by atoms with E-state index in [0.717, 1.165) is 19.3 Å². The lowest BCUT2D eigenvalue weighted by atomic mass is 10.3. The van der Waals surface area contributed by atoms with E-state index >= 15 is 0 Å². The molecule has 0 spiro atoms. The lowest BCUT2D eigenvalue weighted by molar-refractivity contribution is -0.436. The Morgan fingerprint density at radius 2 is 1.71 bits per heavy atom. The van der Waals surface area contributed by atoms with Crippen molar-refractivity contribution in [3.63, 3.8) is 0 Å². The third kappa shape index (κ3) is 6.37. The summed E-state index contributed by atoms with van der Waals surface area (Å²) in [5, 5.41) is 0. The van der Waals surface area contributed by atoms with E-state index in [1.54, 1.807) is 7.11 Å². The fourth-order valence-corrected chi connectivity index (χ4v) is 5.37. The predicted octanol–water partition coefficient (Wildman–Crippen LogP) is 3.79. The summed E-state index contributed by atoms with van der Waals surface area (Å²) >= 11 is 0. The Labute approximate surface area is 148 Å². The molecule has 1 rings (SSSR count). The van der Waals surface area contributed by atoms with E-state index in [2.05, 4.69) is 20.0 Å². The first-order valence-electron chi connectivity index (χ1n) is 9.14. The summed E-state index contributed by atoms with van der Waals surface area (Å²) in [6.45, 7) is 13.6. The summed E-state index contributed by atoms with van der Waals surface area (Å²) in [6.07, 6.45) is 2.47. The van der Waals surface area contributed by atoms with Crippen LogP contribution in [0.15, 0.2) is 0 Å². The number of hydrogen-bond acceptors (Lipinski definition) is 6. The van der Waals surface area contributed by atoms with Crippen molar-refractivity contribution in [3.05, 3.63) is 0 Å². The Balaban J connectivity index is 2.72. The highest BCUT2D eigenvalue weighted by molar-refractivity contribution is 6.72. The van der Waals surface area contributed by atoms with Crippen molar-refractivity contribution in [2.45, 2.75) is 90.8 Å². The Morgan fingerprint density at radius 3 is 2.17 bits per heavy atom. The van der Waals surface area contributed by atoms with Crippen molar-refractivity contribution in [2.75, 3.05) is 20.3 Å². The molecule has 1 saturated heterocycles. The molecule has 7 heteroatoms. The van der Waals surface area contributed by atoms with Gasteiger partial charge in [-0.25, -0.2) is 0 Å². The van der Waals surface area contributed by atoms with Crippen LogP contribution in [0, 0.1) is 0 Å². The molecule has 144 valence electrons. The molecule has 3 atom stereocenters.